The molecular formula is C21H28ClNO4. The Balaban J connectivity index is 0.00000364. The molecule has 0 aliphatic carbocycles. The van der Waals surface area contributed by atoms with E-state index in [1.54, 1.807) is 27.0 Å². The third kappa shape index (κ3) is 6.51. The van der Waals surface area contributed by atoms with Gasteiger partial charge in [-0.25, -0.2) is 0 Å². The number of esters is 1. The maximum Gasteiger partial charge on any atom is 0.311 e. The molecule has 0 saturated carbocycles. The summed E-state index contributed by atoms with van der Waals surface area (Å²) in [4.78, 5) is 29.0. The first kappa shape index (κ1) is 22.9. The van der Waals surface area contributed by atoms with E-state index in [9.17, 15) is 9.59 Å². The van der Waals surface area contributed by atoms with Crippen LogP contribution in [0.25, 0.3) is 0 Å². The molecule has 0 N–H and O–H groups in total. The van der Waals surface area contributed by atoms with Gasteiger partial charge in [-0.2, -0.15) is 0 Å². The van der Waals surface area contributed by atoms with Gasteiger partial charge in [-0.3, -0.25) is 14.6 Å². The highest BCUT2D eigenvalue weighted by Crippen LogP contribution is 2.24. The zero-order chi connectivity index (χ0) is 19.2. The summed E-state index contributed by atoms with van der Waals surface area (Å²) >= 11 is 0. The van der Waals surface area contributed by atoms with Gasteiger partial charge in [-0.1, -0.05) is 37.3 Å². The number of carbonyl (C=O) groups excluding carboxylic acids is 2. The molecule has 148 valence electrons. The molecule has 0 fully saturated rings. The van der Waals surface area contributed by atoms with Gasteiger partial charge in [-0.15, -0.1) is 12.4 Å². The quantitative estimate of drug-likeness (QED) is 0.640. The molecule has 1 unspecified atom stereocenters. The lowest BCUT2D eigenvalue weighted by molar-refractivity contribution is -0.153. The van der Waals surface area contributed by atoms with Gasteiger partial charge in [-0.05, 0) is 39.2 Å². The van der Waals surface area contributed by atoms with E-state index in [0.717, 1.165) is 5.56 Å². The standard InChI is InChI=1S/C21H27NO4.ClH/c1-5-17-19(26-14-15-9-7-6-8-10-15)18(23)16(13-22-17)11-12-25-20(24)21(2,3)4;/h6-10,13,16H,5,11-12,14H2,1-4H3;1H. The van der Waals surface area contributed by atoms with Gasteiger partial charge in [0, 0.05) is 6.21 Å². The van der Waals surface area contributed by atoms with Crippen LogP contribution in [-0.2, 0) is 25.7 Å². The predicted octanol–water partition coefficient (Wildman–Crippen LogP) is 4.50. The molecule has 5 nitrogen and oxygen atoms in total. The Kier molecular flexibility index (Phi) is 8.70. The van der Waals surface area contributed by atoms with Crippen LogP contribution in [0.2, 0.25) is 0 Å². The van der Waals surface area contributed by atoms with Gasteiger partial charge < -0.3 is 9.47 Å². The lowest BCUT2D eigenvalue weighted by Crippen LogP contribution is -2.28. The van der Waals surface area contributed by atoms with Crippen LogP contribution >= 0.6 is 12.4 Å². The van der Waals surface area contributed by atoms with Gasteiger partial charge in [0.05, 0.1) is 23.6 Å². The van der Waals surface area contributed by atoms with Crippen molar-refractivity contribution in [3.8, 4) is 0 Å². The first-order chi connectivity index (χ1) is 12.3. The monoisotopic (exact) mass is 393 g/mol. The Morgan fingerprint density at radius 1 is 1.19 bits per heavy atom. The van der Waals surface area contributed by atoms with E-state index in [2.05, 4.69) is 4.99 Å². The fourth-order valence-corrected chi connectivity index (χ4v) is 2.45. The van der Waals surface area contributed by atoms with Crippen LogP contribution in [0.3, 0.4) is 0 Å². The molecule has 27 heavy (non-hydrogen) atoms. The Morgan fingerprint density at radius 2 is 1.85 bits per heavy atom. The molecule has 1 aliphatic heterocycles. The fourth-order valence-electron chi connectivity index (χ4n) is 2.45. The van der Waals surface area contributed by atoms with Crippen LogP contribution in [0.15, 0.2) is 46.8 Å². The van der Waals surface area contributed by atoms with Gasteiger partial charge in [0.2, 0.25) is 5.78 Å². The van der Waals surface area contributed by atoms with Crippen molar-refractivity contribution in [2.75, 3.05) is 6.61 Å². The molecule has 0 aromatic heterocycles. The van der Waals surface area contributed by atoms with Crippen molar-refractivity contribution in [2.45, 2.75) is 47.1 Å². The number of ketones is 1. The number of hydrogen-bond donors (Lipinski definition) is 0. The maximum absolute atomic E-state index is 12.8. The Hall–Kier alpha value is -2.14. The van der Waals surface area contributed by atoms with Crippen molar-refractivity contribution in [1.29, 1.82) is 0 Å². The molecule has 1 aromatic carbocycles. The van der Waals surface area contributed by atoms with Crippen LogP contribution in [0.1, 0.15) is 46.1 Å². The molecule has 2 rings (SSSR count). The molecule has 1 aromatic rings. The number of Topliss-reactive ketones (excluding diaryl/α,β-unsaturated/α-hetero) is 1. The lowest BCUT2D eigenvalue weighted by atomic mass is 9.96. The molecule has 1 aliphatic rings. The molecule has 0 spiro atoms. The Morgan fingerprint density at radius 3 is 2.44 bits per heavy atom. The average molecular weight is 394 g/mol. The van der Waals surface area contributed by atoms with E-state index >= 15 is 0 Å². The van der Waals surface area contributed by atoms with Crippen molar-refractivity contribution in [2.24, 2.45) is 16.3 Å². The highest BCUT2D eigenvalue weighted by atomic mass is 35.5. The van der Waals surface area contributed by atoms with E-state index in [4.69, 9.17) is 9.47 Å². The number of aliphatic imine (C=N–C) groups is 1. The molecule has 0 saturated heterocycles. The number of allylic oxidation sites excluding steroid dienone is 2. The van der Waals surface area contributed by atoms with Gasteiger partial charge in [0.15, 0.2) is 5.76 Å². The summed E-state index contributed by atoms with van der Waals surface area (Å²) in [6.07, 6.45) is 2.67. The van der Waals surface area contributed by atoms with Crippen LogP contribution in [0.5, 0.6) is 0 Å². The summed E-state index contributed by atoms with van der Waals surface area (Å²) in [5, 5.41) is 0. The van der Waals surface area contributed by atoms with Crippen molar-refractivity contribution in [1.82, 2.24) is 0 Å². The number of hydrogen-bond acceptors (Lipinski definition) is 5. The third-order valence-corrected chi connectivity index (χ3v) is 4.07. The van der Waals surface area contributed by atoms with Crippen molar-refractivity contribution < 1.29 is 19.1 Å². The van der Waals surface area contributed by atoms with Gasteiger partial charge in [0.25, 0.3) is 0 Å². The van der Waals surface area contributed by atoms with Crippen molar-refractivity contribution in [3.05, 3.63) is 47.4 Å². The minimum Gasteiger partial charge on any atom is -0.483 e. The minimum atomic E-state index is -0.552. The first-order valence-corrected chi connectivity index (χ1v) is 8.98. The van der Waals surface area contributed by atoms with Crippen LogP contribution < -0.4 is 0 Å². The summed E-state index contributed by atoms with van der Waals surface area (Å²) in [5.74, 6) is -0.475. The SMILES string of the molecule is CCC1=C(OCc2ccccc2)C(=O)C(CCOC(=O)C(C)(C)C)C=N1.Cl. The minimum absolute atomic E-state index is 0. The van der Waals surface area contributed by atoms with E-state index in [1.165, 1.54) is 0 Å². The van der Waals surface area contributed by atoms with E-state index in [1.807, 2.05) is 37.3 Å². The molecule has 6 heteroatoms. The number of carbonyl (C=O) groups is 2. The zero-order valence-electron chi connectivity index (χ0n) is 16.4. The Labute approximate surface area is 167 Å². The molecule has 0 bridgehead atoms. The van der Waals surface area contributed by atoms with Crippen LogP contribution in [-0.4, -0.2) is 24.6 Å². The maximum atomic E-state index is 12.8. The number of nitrogens with zero attached hydrogens (tertiary/aromatic N) is 1. The molecule has 0 radical (unpaired) electrons. The van der Waals surface area contributed by atoms with Gasteiger partial charge in [0.1, 0.15) is 6.61 Å². The summed E-state index contributed by atoms with van der Waals surface area (Å²) < 4.78 is 11.1. The van der Waals surface area contributed by atoms with Crippen LogP contribution in [0, 0.1) is 11.3 Å². The number of ether oxygens (including phenoxy) is 2. The number of benzene rings is 1. The normalized spacial score (nSPS) is 16.7. The third-order valence-electron chi connectivity index (χ3n) is 4.07. The highest BCUT2D eigenvalue weighted by molar-refractivity contribution is 6.07. The summed E-state index contributed by atoms with van der Waals surface area (Å²) in [7, 11) is 0. The highest BCUT2D eigenvalue weighted by Gasteiger charge is 2.29. The van der Waals surface area contributed by atoms with Gasteiger partial charge >= 0.3 is 5.97 Å². The second-order valence-electron chi connectivity index (χ2n) is 7.33. The summed E-state index contributed by atoms with van der Waals surface area (Å²) in [6, 6.07) is 9.70. The molecule has 0 amide bonds. The second-order valence-corrected chi connectivity index (χ2v) is 7.33. The number of halogens is 1. The first-order valence-electron chi connectivity index (χ1n) is 8.98. The van der Waals surface area contributed by atoms with Crippen molar-refractivity contribution in [3.63, 3.8) is 0 Å². The van der Waals surface area contributed by atoms with Crippen molar-refractivity contribution >= 4 is 30.4 Å². The summed E-state index contributed by atoms with van der Waals surface area (Å²) in [6.45, 7) is 7.85. The molecule has 1 atom stereocenters. The lowest BCUT2D eigenvalue weighted by Gasteiger charge is -2.21. The topological polar surface area (TPSA) is 65.0 Å². The number of rotatable bonds is 7. The van der Waals surface area contributed by atoms with Crippen LogP contribution in [0.4, 0.5) is 0 Å². The molecular weight excluding hydrogens is 366 g/mol. The van der Waals surface area contributed by atoms with E-state index < -0.39 is 11.3 Å². The summed E-state index contributed by atoms with van der Waals surface area (Å²) in [5.41, 5.74) is 1.10. The zero-order valence-corrected chi connectivity index (χ0v) is 17.2. The van der Waals surface area contributed by atoms with E-state index in [-0.39, 0.29) is 30.8 Å². The Bertz CT molecular complexity index is 705. The molecule has 1 heterocycles. The predicted molar refractivity (Wildman–Crippen MR) is 108 cm³/mol. The van der Waals surface area contributed by atoms with E-state index in [0.29, 0.717) is 30.9 Å². The fraction of sp³-hybridized carbons (Fsp3) is 0.476. The smallest absolute Gasteiger partial charge is 0.311 e. The second kappa shape index (κ2) is 10.3. The average Bonchev–Trinajstić information content (AvgIpc) is 2.61. The largest absolute Gasteiger partial charge is 0.483 e.